The molecule has 9 nitrogen and oxygen atoms in total. The zero-order valence-corrected chi connectivity index (χ0v) is 19.7. The second-order valence-electron chi connectivity index (χ2n) is 10.1. The molecule has 0 aromatic carbocycles. The molecule has 0 amide bonds. The first-order valence-corrected chi connectivity index (χ1v) is 9.61. The number of nitrogens with zero attached hydrogens (tertiary/aromatic N) is 2. The molecule has 0 unspecified atom stereocenters. The van der Waals surface area contributed by atoms with E-state index in [0.29, 0.717) is 0 Å². The summed E-state index contributed by atoms with van der Waals surface area (Å²) < 4.78 is 22.7. The Balaban J connectivity index is 0.00000450. The van der Waals surface area contributed by atoms with Gasteiger partial charge in [0.05, 0.1) is 16.8 Å². The van der Waals surface area contributed by atoms with E-state index in [-0.39, 0.29) is 23.1 Å². The summed E-state index contributed by atoms with van der Waals surface area (Å²) in [6.07, 6.45) is 1.36. The smallest absolute Gasteiger partial charge is 0.455 e. The Kier molecular flexibility index (Phi) is 7.14. The Labute approximate surface area is 179 Å². The molecule has 0 radical (unpaired) electrons. The van der Waals surface area contributed by atoms with Crippen LogP contribution in [0.15, 0.2) is 6.20 Å². The first kappa shape index (κ1) is 26.0. The summed E-state index contributed by atoms with van der Waals surface area (Å²) in [6, 6.07) is 0. The minimum atomic E-state index is -0.832. The van der Waals surface area contributed by atoms with Crippen molar-refractivity contribution in [3.8, 4) is 0 Å². The zero-order chi connectivity index (χ0) is 22.4. The number of esters is 2. The van der Waals surface area contributed by atoms with Crippen LogP contribution in [0.1, 0.15) is 90.2 Å². The Morgan fingerprint density at radius 1 is 0.867 bits per heavy atom. The quantitative estimate of drug-likeness (QED) is 0.576. The van der Waals surface area contributed by atoms with Crippen molar-refractivity contribution < 1.29 is 28.4 Å². The maximum absolute atomic E-state index is 12.8. The number of carbonyl (C=O) groups excluding carboxylic acids is 2. The number of rotatable bonds is 3. The van der Waals surface area contributed by atoms with Gasteiger partial charge in [0.1, 0.15) is 11.2 Å². The van der Waals surface area contributed by atoms with Crippen molar-refractivity contribution in [2.45, 2.75) is 91.6 Å². The number of ether oxygens (including phenoxy) is 2. The Morgan fingerprint density at radius 3 is 1.67 bits per heavy atom. The molecule has 0 atom stereocenters. The lowest BCUT2D eigenvalue weighted by Crippen LogP contribution is -2.41. The van der Waals surface area contributed by atoms with E-state index in [2.05, 4.69) is 9.97 Å². The summed E-state index contributed by atoms with van der Waals surface area (Å²) >= 11 is 0. The van der Waals surface area contributed by atoms with E-state index in [1.165, 1.54) is 6.20 Å². The van der Waals surface area contributed by atoms with Gasteiger partial charge >= 0.3 is 19.1 Å². The average molecular weight is 423 g/mol. The van der Waals surface area contributed by atoms with Crippen LogP contribution in [-0.2, 0) is 18.8 Å². The Bertz CT molecular complexity index is 796. The lowest BCUT2D eigenvalue weighted by atomic mass is 9.85. The molecular formula is C20H34BN3O6. The summed E-state index contributed by atoms with van der Waals surface area (Å²) in [4.78, 5) is 33.8. The van der Waals surface area contributed by atoms with Crippen LogP contribution in [0, 0.1) is 0 Å². The number of hydrogen-bond acceptors (Lipinski definition) is 9. The molecule has 0 saturated carbocycles. The lowest BCUT2D eigenvalue weighted by molar-refractivity contribution is 0.000816. The average Bonchev–Trinajstić information content (AvgIpc) is 2.71. The highest BCUT2D eigenvalue weighted by Gasteiger charge is 2.52. The fourth-order valence-corrected chi connectivity index (χ4v) is 2.42. The molecule has 2 rings (SSSR count). The molecule has 0 aliphatic carbocycles. The third-order valence-electron chi connectivity index (χ3n) is 4.47. The van der Waals surface area contributed by atoms with Crippen LogP contribution in [0.25, 0.3) is 0 Å². The summed E-state index contributed by atoms with van der Waals surface area (Å²) in [5.41, 5.74) is -2.88. The molecule has 2 heterocycles. The van der Waals surface area contributed by atoms with E-state index in [1.807, 2.05) is 27.7 Å². The summed E-state index contributed by atoms with van der Waals surface area (Å²) in [5, 5.41) is 0. The third kappa shape index (κ3) is 5.99. The molecule has 10 heteroatoms. The van der Waals surface area contributed by atoms with Gasteiger partial charge in [-0.15, -0.1) is 0 Å². The highest BCUT2D eigenvalue weighted by atomic mass is 16.7. The number of carbonyl (C=O) groups is 2. The van der Waals surface area contributed by atoms with E-state index < -0.39 is 41.5 Å². The molecule has 1 aromatic heterocycles. The van der Waals surface area contributed by atoms with Gasteiger partial charge < -0.3 is 24.9 Å². The van der Waals surface area contributed by atoms with Crippen molar-refractivity contribution in [2.75, 3.05) is 0 Å². The number of hydrogen-bond donors (Lipinski definition) is 1. The number of aromatic nitrogens is 2. The van der Waals surface area contributed by atoms with Crippen LogP contribution in [0.2, 0.25) is 0 Å². The van der Waals surface area contributed by atoms with Gasteiger partial charge in [-0.05, 0) is 69.2 Å². The van der Waals surface area contributed by atoms with Crippen LogP contribution in [-0.4, -0.2) is 51.4 Å². The van der Waals surface area contributed by atoms with Crippen LogP contribution in [0.4, 0.5) is 0 Å². The van der Waals surface area contributed by atoms with Gasteiger partial charge in [-0.3, -0.25) is 0 Å². The normalized spacial score (nSPS) is 17.9. The summed E-state index contributed by atoms with van der Waals surface area (Å²) in [7, 11) is -0.832. The second kappa shape index (κ2) is 8.24. The Morgan fingerprint density at radius 2 is 1.27 bits per heavy atom. The van der Waals surface area contributed by atoms with Crippen LogP contribution >= 0.6 is 0 Å². The molecular weight excluding hydrogens is 389 g/mol. The monoisotopic (exact) mass is 423 g/mol. The predicted molar refractivity (Wildman–Crippen MR) is 113 cm³/mol. The minimum absolute atomic E-state index is 0. The van der Waals surface area contributed by atoms with E-state index >= 15 is 0 Å². The fourth-order valence-electron chi connectivity index (χ4n) is 2.42. The van der Waals surface area contributed by atoms with Gasteiger partial charge in [0.2, 0.25) is 0 Å². The van der Waals surface area contributed by atoms with Crippen molar-refractivity contribution >= 4 is 24.7 Å². The van der Waals surface area contributed by atoms with Crippen molar-refractivity contribution in [1.29, 1.82) is 0 Å². The van der Waals surface area contributed by atoms with E-state index in [4.69, 9.17) is 18.8 Å². The van der Waals surface area contributed by atoms with Crippen molar-refractivity contribution in [1.82, 2.24) is 16.1 Å². The first-order valence-electron chi connectivity index (χ1n) is 9.61. The van der Waals surface area contributed by atoms with E-state index in [9.17, 15) is 9.59 Å². The summed E-state index contributed by atoms with van der Waals surface area (Å²) in [5.74, 6) is -1.53. The van der Waals surface area contributed by atoms with Gasteiger partial charge in [0, 0.05) is 6.20 Å². The molecule has 168 valence electrons. The Hall–Kier alpha value is -2.04. The molecule has 1 aromatic rings. The van der Waals surface area contributed by atoms with Crippen molar-refractivity contribution in [3.63, 3.8) is 0 Å². The fraction of sp³-hybridized carbons (Fsp3) is 0.700. The largest absolute Gasteiger partial charge is 0.516 e. The molecule has 1 fully saturated rings. The van der Waals surface area contributed by atoms with Gasteiger partial charge in [0.25, 0.3) is 0 Å². The van der Waals surface area contributed by atoms with Gasteiger partial charge in [-0.1, -0.05) is 0 Å². The maximum atomic E-state index is 12.8. The first-order chi connectivity index (χ1) is 12.9. The zero-order valence-electron chi connectivity index (χ0n) is 19.7. The summed E-state index contributed by atoms with van der Waals surface area (Å²) in [6.45, 7) is 18.0. The molecule has 1 aliphatic rings. The molecule has 3 N–H and O–H groups in total. The molecule has 1 aliphatic heterocycles. The van der Waals surface area contributed by atoms with Crippen molar-refractivity contribution in [2.24, 2.45) is 0 Å². The van der Waals surface area contributed by atoms with Crippen molar-refractivity contribution in [3.05, 3.63) is 17.6 Å². The topological polar surface area (TPSA) is 132 Å². The molecule has 1 saturated heterocycles. The third-order valence-corrected chi connectivity index (χ3v) is 4.47. The van der Waals surface area contributed by atoms with Gasteiger partial charge in [-0.25, -0.2) is 19.6 Å². The van der Waals surface area contributed by atoms with Gasteiger partial charge in [0.15, 0.2) is 11.4 Å². The van der Waals surface area contributed by atoms with Crippen LogP contribution in [0.5, 0.6) is 0 Å². The maximum Gasteiger partial charge on any atom is 0.516 e. The van der Waals surface area contributed by atoms with Gasteiger partial charge in [-0.2, -0.15) is 0 Å². The van der Waals surface area contributed by atoms with Crippen LogP contribution < -0.4 is 11.7 Å². The minimum Gasteiger partial charge on any atom is -0.455 e. The highest BCUT2D eigenvalue weighted by Crippen LogP contribution is 2.36. The lowest BCUT2D eigenvalue weighted by Gasteiger charge is -2.32. The van der Waals surface area contributed by atoms with Crippen LogP contribution in [0.3, 0.4) is 0 Å². The highest BCUT2D eigenvalue weighted by molar-refractivity contribution is 6.61. The standard InChI is InChI=1S/C20H31BN2O6.H3N/c1-17(2,3)26-15(24)13-14(16(25)27-18(4,5)6)23-12(11-22-13)21-28-19(7,8)20(9,10)29-21;/h11H,1-10H3;1H3. The van der Waals surface area contributed by atoms with E-state index in [0.717, 1.165) is 0 Å². The molecule has 30 heavy (non-hydrogen) atoms. The predicted octanol–water partition coefficient (Wildman–Crippen LogP) is 2.85. The molecule has 0 spiro atoms. The SMILES string of the molecule is CC(C)(C)OC(=O)c1ncc(B2OC(C)(C)C(C)(C)O2)nc1C(=O)OC(C)(C)C.N. The molecule has 0 bridgehead atoms. The van der Waals surface area contributed by atoms with E-state index in [1.54, 1.807) is 41.5 Å². The second-order valence-corrected chi connectivity index (χ2v) is 10.1.